The molecule has 0 bridgehead atoms. The first-order valence-corrected chi connectivity index (χ1v) is 8.83. The predicted octanol–water partition coefficient (Wildman–Crippen LogP) is 2.12. The molecule has 0 aromatic heterocycles. The molecule has 1 saturated heterocycles. The predicted molar refractivity (Wildman–Crippen MR) is 96.4 cm³/mol. The lowest BCUT2D eigenvalue weighted by Crippen LogP contribution is -2.51. The average molecular weight is 350 g/mol. The van der Waals surface area contributed by atoms with Crippen LogP contribution in [0.2, 0.25) is 0 Å². The van der Waals surface area contributed by atoms with Gasteiger partial charge in [-0.25, -0.2) is 4.79 Å². The second kappa shape index (κ2) is 9.17. The van der Waals surface area contributed by atoms with Crippen molar-refractivity contribution < 1.29 is 19.4 Å². The number of ether oxygens (including phenoxy) is 2. The molecule has 1 aliphatic heterocycles. The van der Waals surface area contributed by atoms with Crippen molar-refractivity contribution in [2.24, 2.45) is 0 Å². The number of hydrogen-bond acceptors (Lipinski definition) is 5. The number of carbonyl (C=O) groups is 1. The van der Waals surface area contributed by atoms with Crippen LogP contribution >= 0.6 is 0 Å². The van der Waals surface area contributed by atoms with Crippen LogP contribution in [0.5, 0.6) is 0 Å². The Hall–Kier alpha value is -1.63. The summed E-state index contributed by atoms with van der Waals surface area (Å²) in [5, 5.41) is 10.1. The van der Waals surface area contributed by atoms with Crippen molar-refractivity contribution in [1.82, 2.24) is 9.80 Å². The number of piperazine rings is 1. The summed E-state index contributed by atoms with van der Waals surface area (Å²) in [5.74, 6) is 0. The summed E-state index contributed by atoms with van der Waals surface area (Å²) >= 11 is 0. The van der Waals surface area contributed by atoms with Gasteiger partial charge in [-0.05, 0) is 26.3 Å². The number of carbonyl (C=O) groups excluding carboxylic acids is 1. The second-order valence-corrected chi connectivity index (χ2v) is 7.42. The van der Waals surface area contributed by atoms with Crippen LogP contribution in [0.4, 0.5) is 4.79 Å². The average Bonchev–Trinajstić information content (AvgIpc) is 2.55. The number of rotatable bonds is 6. The van der Waals surface area contributed by atoms with E-state index in [0.29, 0.717) is 32.8 Å². The first kappa shape index (κ1) is 19.7. The topological polar surface area (TPSA) is 62.2 Å². The molecule has 0 radical (unpaired) electrons. The molecule has 6 nitrogen and oxygen atoms in total. The van der Waals surface area contributed by atoms with Crippen LogP contribution in [0, 0.1) is 0 Å². The standard InChI is InChI=1S/C19H30N2O4/c1-19(2,3)25-18(23)21-11-9-20(10-12-21)13-17(22)15-24-14-16-7-5-4-6-8-16/h4-8,17,22H,9-15H2,1-3H3/t17-/m0/s1. The Kier molecular flexibility index (Phi) is 7.23. The summed E-state index contributed by atoms with van der Waals surface area (Å²) in [6.45, 7) is 9.66. The minimum absolute atomic E-state index is 0.265. The van der Waals surface area contributed by atoms with Gasteiger partial charge in [-0.3, -0.25) is 4.90 Å². The quantitative estimate of drug-likeness (QED) is 0.851. The Bertz CT molecular complexity index is 522. The van der Waals surface area contributed by atoms with E-state index in [0.717, 1.165) is 18.7 Å². The molecule has 1 amide bonds. The molecule has 1 aromatic rings. The maximum absolute atomic E-state index is 12.0. The number of aliphatic hydroxyl groups is 1. The fourth-order valence-corrected chi connectivity index (χ4v) is 2.68. The van der Waals surface area contributed by atoms with E-state index in [1.54, 1.807) is 4.90 Å². The molecule has 1 atom stereocenters. The fraction of sp³-hybridized carbons (Fsp3) is 0.632. The highest BCUT2D eigenvalue weighted by Gasteiger charge is 2.26. The van der Waals surface area contributed by atoms with E-state index in [-0.39, 0.29) is 6.09 Å². The molecule has 1 aliphatic rings. The van der Waals surface area contributed by atoms with Gasteiger partial charge in [-0.2, -0.15) is 0 Å². The zero-order chi connectivity index (χ0) is 18.3. The van der Waals surface area contributed by atoms with Crippen molar-refractivity contribution in [2.45, 2.75) is 39.1 Å². The third kappa shape index (κ3) is 7.42. The van der Waals surface area contributed by atoms with Gasteiger partial charge in [0.15, 0.2) is 0 Å². The van der Waals surface area contributed by atoms with Gasteiger partial charge in [0.25, 0.3) is 0 Å². The molecule has 2 rings (SSSR count). The van der Waals surface area contributed by atoms with E-state index < -0.39 is 11.7 Å². The van der Waals surface area contributed by atoms with Gasteiger partial charge in [0.2, 0.25) is 0 Å². The van der Waals surface area contributed by atoms with Crippen LogP contribution in [0.15, 0.2) is 30.3 Å². The van der Waals surface area contributed by atoms with Crippen molar-refractivity contribution in [3.8, 4) is 0 Å². The molecule has 6 heteroatoms. The van der Waals surface area contributed by atoms with Gasteiger partial charge < -0.3 is 19.5 Å². The lowest BCUT2D eigenvalue weighted by Gasteiger charge is -2.36. The maximum atomic E-state index is 12.0. The molecule has 1 heterocycles. The summed E-state index contributed by atoms with van der Waals surface area (Å²) in [4.78, 5) is 15.9. The summed E-state index contributed by atoms with van der Waals surface area (Å²) < 4.78 is 11.0. The van der Waals surface area contributed by atoms with E-state index in [2.05, 4.69) is 4.90 Å². The third-order valence-corrected chi connectivity index (χ3v) is 3.91. The Balaban J connectivity index is 1.63. The Labute approximate surface area is 150 Å². The molecule has 1 aromatic carbocycles. The van der Waals surface area contributed by atoms with Crippen LogP contribution in [-0.2, 0) is 16.1 Å². The molecule has 0 saturated carbocycles. The molecule has 0 aliphatic carbocycles. The van der Waals surface area contributed by atoms with E-state index >= 15 is 0 Å². The maximum Gasteiger partial charge on any atom is 0.410 e. The molecule has 0 spiro atoms. The third-order valence-electron chi connectivity index (χ3n) is 3.91. The minimum atomic E-state index is -0.531. The number of aliphatic hydroxyl groups excluding tert-OH is 1. The smallest absolute Gasteiger partial charge is 0.410 e. The van der Waals surface area contributed by atoms with Gasteiger partial charge in [0.05, 0.1) is 19.3 Å². The van der Waals surface area contributed by atoms with E-state index in [1.807, 2.05) is 51.1 Å². The van der Waals surface area contributed by atoms with Crippen LogP contribution in [0.25, 0.3) is 0 Å². The highest BCUT2D eigenvalue weighted by Crippen LogP contribution is 2.12. The Morgan fingerprint density at radius 1 is 1.16 bits per heavy atom. The monoisotopic (exact) mass is 350 g/mol. The van der Waals surface area contributed by atoms with Crippen molar-refractivity contribution in [1.29, 1.82) is 0 Å². The van der Waals surface area contributed by atoms with Crippen LogP contribution in [0.1, 0.15) is 26.3 Å². The van der Waals surface area contributed by atoms with Crippen molar-refractivity contribution in [3.05, 3.63) is 35.9 Å². The van der Waals surface area contributed by atoms with E-state index in [9.17, 15) is 9.90 Å². The largest absolute Gasteiger partial charge is 0.444 e. The summed E-state index contributed by atoms with van der Waals surface area (Å²) in [6, 6.07) is 9.92. The fourth-order valence-electron chi connectivity index (χ4n) is 2.68. The number of amides is 1. The Morgan fingerprint density at radius 3 is 2.40 bits per heavy atom. The first-order chi connectivity index (χ1) is 11.8. The van der Waals surface area contributed by atoms with Gasteiger partial charge >= 0.3 is 6.09 Å². The summed E-state index contributed by atoms with van der Waals surface area (Å²) in [6.07, 6.45) is -0.796. The normalized spacial score (nSPS) is 17.4. The molecule has 140 valence electrons. The lowest BCUT2D eigenvalue weighted by atomic mass is 10.2. The van der Waals surface area contributed by atoms with E-state index in [4.69, 9.17) is 9.47 Å². The van der Waals surface area contributed by atoms with Crippen molar-refractivity contribution in [3.63, 3.8) is 0 Å². The number of nitrogens with zero attached hydrogens (tertiary/aromatic N) is 2. The van der Waals surface area contributed by atoms with Gasteiger partial charge in [-0.1, -0.05) is 30.3 Å². The van der Waals surface area contributed by atoms with Crippen LogP contribution < -0.4 is 0 Å². The van der Waals surface area contributed by atoms with Gasteiger partial charge in [0, 0.05) is 32.7 Å². The van der Waals surface area contributed by atoms with Gasteiger partial charge in [0.1, 0.15) is 5.60 Å². The zero-order valence-corrected chi connectivity index (χ0v) is 15.5. The molecular formula is C19H30N2O4. The zero-order valence-electron chi connectivity index (χ0n) is 15.5. The SMILES string of the molecule is CC(C)(C)OC(=O)N1CCN(C[C@H](O)COCc2ccccc2)CC1. The summed E-state index contributed by atoms with van der Waals surface area (Å²) in [7, 11) is 0. The van der Waals surface area contributed by atoms with Crippen molar-refractivity contribution in [2.75, 3.05) is 39.3 Å². The van der Waals surface area contributed by atoms with E-state index in [1.165, 1.54) is 0 Å². The second-order valence-electron chi connectivity index (χ2n) is 7.42. The number of β-amino-alcohol motifs (C(OH)–C–C–N with tert-alkyl or cyclic N) is 1. The lowest BCUT2D eigenvalue weighted by molar-refractivity contribution is -0.00727. The molecule has 25 heavy (non-hydrogen) atoms. The number of hydrogen-bond donors (Lipinski definition) is 1. The molecule has 0 unspecified atom stereocenters. The first-order valence-electron chi connectivity index (χ1n) is 8.83. The highest BCUT2D eigenvalue weighted by molar-refractivity contribution is 5.68. The number of benzene rings is 1. The van der Waals surface area contributed by atoms with Crippen molar-refractivity contribution >= 4 is 6.09 Å². The van der Waals surface area contributed by atoms with Crippen LogP contribution in [-0.4, -0.2) is 72.0 Å². The Morgan fingerprint density at radius 2 is 1.80 bits per heavy atom. The van der Waals surface area contributed by atoms with Gasteiger partial charge in [-0.15, -0.1) is 0 Å². The summed E-state index contributed by atoms with van der Waals surface area (Å²) in [5.41, 5.74) is 0.626. The van der Waals surface area contributed by atoms with Crippen LogP contribution in [0.3, 0.4) is 0 Å². The molecular weight excluding hydrogens is 320 g/mol. The molecule has 1 N–H and O–H groups in total. The minimum Gasteiger partial charge on any atom is -0.444 e. The molecule has 1 fully saturated rings. The highest BCUT2D eigenvalue weighted by atomic mass is 16.6.